The molecule has 0 radical (unpaired) electrons. The molecule has 1 fully saturated rings. The summed E-state index contributed by atoms with van der Waals surface area (Å²) < 4.78 is 23.8. The van der Waals surface area contributed by atoms with E-state index in [0.29, 0.717) is 0 Å². The maximum Gasteiger partial charge on any atom is 0.171 e. The molecule has 6 heteroatoms. The van der Waals surface area contributed by atoms with Gasteiger partial charge in [0.2, 0.25) is 0 Å². The summed E-state index contributed by atoms with van der Waals surface area (Å²) in [5, 5.41) is 0. The van der Waals surface area contributed by atoms with Crippen LogP contribution in [0.2, 0.25) is 0 Å². The maximum absolute atomic E-state index is 6.60. The van der Waals surface area contributed by atoms with Crippen LogP contribution in [0.3, 0.4) is 0 Å². The van der Waals surface area contributed by atoms with Gasteiger partial charge in [0.15, 0.2) is 5.79 Å². The molecule has 0 aromatic heterocycles. The van der Waals surface area contributed by atoms with Crippen molar-refractivity contribution >= 4 is 11.4 Å². The molecule has 0 aliphatic carbocycles. The van der Waals surface area contributed by atoms with Crippen molar-refractivity contribution < 1.29 is 18.9 Å². The molecule has 1 heterocycles. The summed E-state index contributed by atoms with van der Waals surface area (Å²) in [4.78, 5) is 4.42. The fourth-order valence-corrected chi connectivity index (χ4v) is 3.84. The van der Waals surface area contributed by atoms with E-state index < -0.39 is 5.79 Å². The summed E-state index contributed by atoms with van der Waals surface area (Å²) in [6, 6.07) is 16.2. The molecular weight excluding hydrogens is 404 g/mol. The van der Waals surface area contributed by atoms with Gasteiger partial charge in [-0.3, -0.25) is 0 Å². The highest BCUT2D eigenvalue weighted by atomic mass is 16.8. The lowest BCUT2D eigenvalue weighted by Crippen LogP contribution is -2.42. The van der Waals surface area contributed by atoms with Crippen LogP contribution >= 0.6 is 0 Å². The topological polar surface area (TPSA) is 43.4 Å². The number of likely N-dealkylation sites (N-methyl/N-ethyl adjacent to an activating group) is 2. The highest BCUT2D eigenvalue weighted by Crippen LogP contribution is 2.42. The number of benzene rings is 2. The third kappa shape index (κ3) is 5.30. The summed E-state index contributed by atoms with van der Waals surface area (Å²) in [5.74, 6) is 1.04. The number of methoxy groups -OCH3 is 2. The molecule has 0 bridgehead atoms. The maximum atomic E-state index is 6.60. The summed E-state index contributed by atoms with van der Waals surface area (Å²) in [6.07, 6.45) is -0.154. The van der Waals surface area contributed by atoms with Crippen molar-refractivity contribution in [1.29, 1.82) is 0 Å². The highest BCUT2D eigenvalue weighted by Gasteiger charge is 2.51. The van der Waals surface area contributed by atoms with Crippen LogP contribution in [0.1, 0.15) is 27.7 Å². The van der Waals surface area contributed by atoms with Gasteiger partial charge in [-0.2, -0.15) is 0 Å². The standard InChI is InChI=1S/C26H38N2O4/c1-25(2,3)26(4)31-23(17-27(5)19-9-13-21(29-7)14-10-19)24(32-26)18-28(6)20-11-15-22(30-8)16-12-20/h9-16,23-24H,17-18H2,1-8H3/t23-,24-/m0/s1. The van der Waals surface area contributed by atoms with E-state index in [9.17, 15) is 0 Å². The normalized spacial score (nSPS) is 20.1. The molecular formula is C26H38N2O4. The Hall–Kier alpha value is -2.44. The largest absolute Gasteiger partial charge is 0.497 e. The van der Waals surface area contributed by atoms with Crippen LogP contribution < -0.4 is 19.3 Å². The predicted octanol–water partition coefficient (Wildman–Crippen LogP) is 4.82. The molecule has 32 heavy (non-hydrogen) atoms. The van der Waals surface area contributed by atoms with E-state index in [-0.39, 0.29) is 17.6 Å². The summed E-state index contributed by atoms with van der Waals surface area (Å²) in [6.45, 7) is 9.98. The molecule has 176 valence electrons. The predicted molar refractivity (Wildman–Crippen MR) is 130 cm³/mol. The molecule has 2 atom stereocenters. The van der Waals surface area contributed by atoms with Gasteiger partial charge in [-0.05, 0) is 55.5 Å². The first-order valence-corrected chi connectivity index (χ1v) is 11.1. The summed E-state index contributed by atoms with van der Waals surface area (Å²) in [5.41, 5.74) is 2.07. The first-order chi connectivity index (χ1) is 15.1. The van der Waals surface area contributed by atoms with Gasteiger partial charge in [-0.1, -0.05) is 20.8 Å². The van der Waals surface area contributed by atoms with Crippen molar-refractivity contribution in [3.05, 3.63) is 48.5 Å². The molecule has 2 aromatic rings. The van der Waals surface area contributed by atoms with Gasteiger partial charge in [-0.15, -0.1) is 0 Å². The minimum absolute atomic E-state index is 0.0768. The van der Waals surface area contributed by atoms with Crippen molar-refractivity contribution in [2.45, 2.75) is 45.7 Å². The van der Waals surface area contributed by atoms with Crippen molar-refractivity contribution in [2.24, 2.45) is 5.41 Å². The van der Waals surface area contributed by atoms with E-state index in [1.165, 1.54) is 0 Å². The van der Waals surface area contributed by atoms with Gasteiger partial charge in [0.05, 0.1) is 14.2 Å². The van der Waals surface area contributed by atoms with Crippen molar-refractivity contribution in [1.82, 2.24) is 0 Å². The first-order valence-electron chi connectivity index (χ1n) is 11.1. The molecule has 1 saturated heterocycles. The number of hydrogen-bond donors (Lipinski definition) is 0. The number of hydrogen-bond acceptors (Lipinski definition) is 6. The fraction of sp³-hybridized carbons (Fsp3) is 0.538. The molecule has 3 rings (SSSR count). The summed E-state index contributed by atoms with van der Waals surface area (Å²) in [7, 11) is 7.53. The van der Waals surface area contributed by atoms with E-state index in [0.717, 1.165) is 36.0 Å². The Bertz CT molecular complexity index is 797. The first kappa shape index (κ1) is 24.2. The van der Waals surface area contributed by atoms with Gasteiger partial charge in [0.25, 0.3) is 0 Å². The Morgan fingerprint density at radius 2 is 1.09 bits per heavy atom. The van der Waals surface area contributed by atoms with Crippen LogP contribution in [0.4, 0.5) is 11.4 Å². The van der Waals surface area contributed by atoms with Gasteiger partial charge in [0.1, 0.15) is 23.7 Å². The van der Waals surface area contributed by atoms with Crippen LogP contribution in [-0.2, 0) is 9.47 Å². The molecule has 1 aliphatic heterocycles. The second-order valence-corrected chi connectivity index (χ2v) is 9.67. The lowest BCUT2D eigenvalue weighted by Gasteiger charge is -2.37. The molecule has 0 unspecified atom stereocenters. The lowest BCUT2D eigenvalue weighted by molar-refractivity contribution is -0.222. The quantitative estimate of drug-likeness (QED) is 0.584. The van der Waals surface area contributed by atoms with E-state index in [1.807, 2.05) is 24.3 Å². The van der Waals surface area contributed by atoms with Crippen molar-refractivity contribution in [3.8, 4) is 11.5 Å². The summed E-state index contributed by atoms with van der Waals surface area (Å²) >= 11 is 0. The number of anilines is 2. The van der Waals surface area contributed by atoms with Crippen molar-refractivity contribution in [2.75, 3.05) is 51.2 Å². The molecule has 0 spiro atoms. The zero-order chi connectivity index (χ0) is 23.5. The van der Waals surface area contributed by atoms with Crippen LogP contribution in [0.5, 0.6) is 11.5 Å². The minimum Gasteiger partial charge on any atom is -0.497 e. The Morgan fingerprint density at radius 3 is 1.38 bits per heavy atom. The van der Waals surface area contributed by atoms with Gasteiger partial charge < -0.3 is 28.7 Å². The number of rotatable bonds is 8. The van der Waals surface area contributed by atoms with E-state index in [4.69, 9.17) is 18.9 Å². The van der Waals surface area contributed by atoms with Crippen LogP contribution in [0, 0.1) is 5.41 Å². The smallest absolute Gasteiger partial charge is 0.171 e. The molecule has 1 aliphatic rings. The highest BCUT2D eigenvalue weighted by molar-refractivity contribution is 5.49. The SMILES string of the molecule is COc1ccc(N(C)C[C@@H]2OC(C)(C(C)(C)C)O[C@H]2CN(C)c2ccc(OC)cc2)cc1. The van der Waals surface area contributed by atoms with Gasteiger partial charge >= 0.3 is 0 Å². The zero-order valence-electron chi connectivity index (χ0n) is 20.7. The third-order valence-corrected chi connectivity index (χ3v) is 6.46. The van der Waals surface area contributed by atoms with E-state index >= 15 is 0 Å². The zero-order valence-corrected chi connectivity index (χ0v) is 20.7. The lowest BCUT2D eigenvalue weighted by atomic mass is 9.87. The van der Waals surface area contributed by atoms with E-state index in [1.54, 1.807) is 14.2 Å². The second kappa shape index (κ2) is 9.59. The van der Waals surface area contributed by atoms with Crippen LogP contribution in [0.15, 0.2) is 48.5 Å². The van der Waals surface area contributed by atoms with Crippen LogP contribution in [0.25, 0.3) is 0 Å². The molecule has 0 N–H and O–H groups in total. The molecule has 0 amide bonds. The third-order valence-electron chi connectivity index (χ3n) is 6.46. The average molecular weight is 443 g/mol. The molecule has 0 saturated carbocycles. The molecule has 6 nitrogen and oxygen atoms in total. The van der Waals surface area contributed by atoms with E-state index in [2.05, 4.69) is 75.9 Å². The van der Waals surface area contributed by atoms with Crippen LogP contribution in [-0.4, -0.2) is 59.4 Å². The average Bonchev–Trinajstić information content (AvgIpc) is 3.09. The monoisotopic (exact) mass is 442 g/mol. The number of nitrogens with zero attached hydrogens (tertiary/aromatic N) is 2. The number of ether oxygens (including phenoxy) is 4. The Morgan fingerprint density at radius 1 is 0.750 bits per heavy atom. The van der Waals surface area contributed by atoms with Gasteiger partial charge in [-0.25, -0.2) is 0 Å². The van der Waals surface area contributed by atoms with Crippen molar-refractivity contribution in [3.63, 3.8) is 0 Å². The molecule has 2 aromatic carbocycles. The Labute approximate surface area is 193 Å². The fourth-order valence-electron chi connectivity index (χ4n) is 3.84. The Balaban J connectivity index is 1.76. The minimum atomic E-state index is -0.663. The van der Waals surface area contributed by atoms with Gasteiger partial charge in [0, 0.05) is 44.0 Å². The second-order valence-electron chi connectivity index (χ2n) is 9.67. The Kier molecular flexibility index (Phi) is 7.25.